The quantitative estimate of drug-likeness (QED) is 0.570. The van der Waals surface area contributed by atoms with Crippen LogP contribution in [0.5, 0.6) is 0 Å². The van der Waals surface area contributed by atoms with Gasteiger partial charge in [0.1, 0.15) is 0 Å². The first-order valence-electron chi connectivity index (χ1n) is 4.26. The predicted molar refractivity (Wildman–Crippen MR) is 68.1 cm³/mol. The molecule has 4 nitrogen and oxygen atoms in total. The van der Waals surface area contributed by atoms with E-state index in [9.17, 15) is 0 Å². The first-order chi connectivity index (χ1) is 8.20. The first-order valence-corrected chi connectivity index (χ1v) is 9.89. The van der Waals surface area contributed by atoms with Gasteiger partial charge in [0.15, 0.2) is 0 Å². The van der Waals surface area contributed by atoms with Crippen LogP contribution in [0.1, 0.15) is 0 Å². The molecular weight excluding hydrogens is 442 g/mol. The normalized spacial score (nSPS) is 8.35. The van der Waals surface area contributed by atoms with E-state index in [0.29, 0.717) is 11.4 Å². The summed E-state index contributed by atoms with van der Waals surface area (Å²) in [5.41, 5.74) is 14.8. The van der Waals surface area contributed by atoms with Gasteiger partial charge >= 0.3 is 35.3 Å². The Morgan fingerprint density at radius 3 is 1.35 bits per heavy atom. The molecule has 0 aliphatic heterocycles. The predicted octanol–water partition coefficient (Wildman–Crippen LogP) is 4.91. The maximum atomic E-state index is 6.93. The van der Waals surface area contributed by atoms with Crippen LogP contribution in [0.4, 0.5) is 11.4 Å². The van der Waals surface area contributed by atoms with Crippen molar-refractivity contribution in [2.45, 2.75) is 0 Å². The number of rotatable bonds is 0. The van der Waals surface area contributed by atoms with E-state index >= 15 is 0 Å². The summed E-state index contributed by atoms with van der Waals surface area (Å²) in [7, 11) is 9.75. The van der Waals surface area contributed by atoms with Gasteiger partial charge in [-0.3, -0.25) is 9.97 Å². The van der Waals surface area contributed by atoms with Crippen LogP contribution in [0, 0.1) is 0 Å². The molecular formula is C10H10Cl2N4Pt. The fourth-order valence-corrected chi connectivity index (χ4v) is 0.726. The second-order valence-corrected chi connectivity index (χ2v) is 5.81. The Morgan fingerprint density at radius 2 is 1.24 bits per heavy atom. The van der Waals surface area contributed by atoms with E-state index in [1.54, 1.807) is 36.7 Å². The summed E-state index contributed by atoms with van der Waals surface area (Å²) in [5, 5.41) is 0. The Labute approximate surface area is 117 Å². The monoisotopic (exact) mass is 451 g/mol. The van der Waals surface area contributed by atoms with Crippen molar-refractivity contribution in [2.24, 2.45) is 0 Å². The number of pyridine rings is 2. The zero-order valence-electron chi connectivity index (χ0n) is 8.59. The maximum absolute atomic E-state index is 6.93. The van der Waals surface area contributed by atoms with Crippen LogP contribution in [0.15, 0.2) is 49.1 Å². The zero-order chi connectivity index (χ0) is 12.9. The Bertz CT molecular complexity index is 337. The van der Waals surface area contributed by atoms with E-state index in [1.165, 1.54) is 12.4 Å². The van der Waals surface area contributed by atoms with Crippen molar-refractivity contribution in [3.8, 4) is 0 Å². The molecule has 7 heteroatoms. The molecule has 0 atom stereocenters. The Kier molecular flexibility index (Phi) is 11.1. The topological polar surface area (TPSA) is 73.4 Å². The second kappa shape index (κ2) is 11.6. The Hall–Kier alpha value is -0.832. The molecule has 0 saturated carbocycles. The van der Waals surface area contributed by atoms with E-state index in [4.69, 9.17) is 30.3 Å². The van der Waals surface area contributed by atoms with Crippen LogP contribution in [0.2, 0.25) is 0 Å². The van der Waals surface area contributed by atoms with E-state index < -0.39 is 16.5 Å². The van der Waals surface area contributed by atoms with Crippen molar-refractivity contribution >= 4 is 30.2 Å². The minimum atomic E-state index is -0.472. The van der Waals surface area contributed by atoms with Gasteiger partial charge < -0.3 is 11.5 Å². The summed E-state index contributed by atoms with van der Waals surface area (Å²) in [6, 6.07) is 6.85. The molecule has 94 valence electrons. The average Bonchev–Trinajstić information content (AvgIpc) is 2.33. The molecule has 0 radical (unpaired) electrons. The van der Waals surface area contributed by atoms with Gasteiger partial charge in [0.25, 0.3) is 0 Å². The maximum Gasteiger partial charge on any atom is 0.0266 e. The third-order valence-electron chi connectivity index (χ3n) is 1.32. The molecule has 0 spiro atoms. The molecule has 0 aromatic carbocycles. The largest absolute Gasteiger partial charge is 0.697 e. The summed E-state index contributed by atoms with van der Waals surface area (Å²) in [5.74, 6) is 0. The molecule has 0 saturated heterocycles. The molecule has 0 fully saturated rings. The van der Waals surface area contributed by atoms with E-state index in [-0.39, 0.29) is 0 Å². The van der Waals surface area contributed by atoms with Gasteiger partial charge in [0, 0.05) is 24.8 Å². The third-order valence-corrected chi connectivity index (χ3v) is 1.32. The number of nitrogens with zero attached hydrogens (tertiary/aromatic N) is 2. The van der Waals surface area contributed by atoms with Crippen molar-refractivity contribution in [3.05, 3.63) is 60.5 Å². The summed E-state index contributed by atoms with van der Waals surface area (Å²) >= 11 is -0.472. The SMILES string of the molecule is [Cl][Pt+2][Cl].[NH-]c1cccnc1.[NH-]c1cccnc1. The molecule has 2 heterocycles. The van der Waals surface area contributed by atoms with E-state index in [0.717, 1.165) is 0 Å². The van der Waals surface area contributed by atoms with Crippen molar-refractivity contribution in [1.29, 1.82) is 0 Å². The molecule has 2 aromatic heterocycles. The van der Waals surface area contributed by atoms with Crippen molar-refractivity contribution in [2.75, 3.05) is 0 Å². The van der Waals surface area contributed by atoms with Crippen LogP contribution in [0.25, 0.3) is 11.5 Å². The van der Waals surface area contributed by atoms with Crippen molar-refractivity contribution in [1.82, 2.24) is 9.97 Å². The van der Waals surface area contributed by atoms with Crippen LogP contribution in [0.3, 0.4) is 0 Å². The number of hydrogen-bond donors (Lipinski definition) is 0. The molecule has 17 heavy (non-hydrogen) atoms. The standard InChI is InChI=1S/2C5H5N2.2ClH.Pt/c2*6-5-2-1-3-7-4-5;;;/h2*1-4,6H;2*1H;/q2*-1;;;+4/p-2. The van der Waals surface area contributed by atoms with Crippen LogP contribution in [-0.4, -0.2) is 9.97 Å². The van der Waals surface area contributed by atoms with Gasteiger partial charge in [-0.15, -0.1) is 11.4 Å². The summed E-state index contributed by atoms with van der Waals surface area (Å²) in [4.78, 5) is 7.39. The minimum Gasteiger partial charge on any atom is -0.697 e. The molecule has 0 amide bonds. The Balaban J connectivity index is 0.000000247. The molecule has 2 N–H and O–H groups in total. The van der Waals surface area contributed by atoms with Gasteiger partial charge in [0.05, 0.1) is 0 Å². The number of nitrogens with one attached hydrogen (secondary N) is 2. The first kappa shape index (κ1) is 16.2. The van der Waals surface area contributed by atoms with Crippen molar-refractivity contribution < 1.29 is 16.5 Å². The van der Waals surface area contributed by atoms with Crippen molar-refractivity contribution in [3.63, 3.8) is 0 Å². The molecule has 2 rings (SSSR count). The summed E-state index contributed by atoms with van der Waals surface area (Å²) < 4.78 is 0. The Morgan fingerprint density at radius 1 is 0.882 bits per heavy atom. The number of halogens is 2. The fraction of sp³-hybridized carbons (Fsp3) is 0. The second-order valence-electron chi connectivity index (χ2n) is 2.53. The number of aromatic nitrogens is 2. The fourth-order valence-electron chi connectivity index (χ4n) is 0.726. The van der Waals surface area contributed by atoms with Crippen LogP contribution >= 0.6 is 18.8 Å². The molecule has 2 aromatic rings. The van der Waals surface area contributed by atoms with E-state index in [2.05, 4.69) is 9.97 Å². The van der Waals surface area contributed by atoms with Gasteiger partial charge in [-0.05, 0) is 12.1 Å². The summed E-state index contributed by atoms with van der Waals surface area (Å²) in [6.07, 6.45) is 6.30. The van der Waals surface area contributed by atoms with Crippen LogP contribution in [-0.2, 0) is 16.5 Å². The molecule has 0 unspecified atom stereocenters. The zero-order valence-corrected chi connectivity index (χ0v) is 12.4. The van der Waals surface area contributed by atoms with Gasteiger partial charge in [-0.25, -0.2) is 0 Å². The summed E-state index contributed by atoms with van der Waals surface area (Å²) in [6.45, 7) is 0. The average molecular weight is 452 g/mol. The minimum absolute atomic E-state index is 0.461. The van der Waals surface area contributed by atoms with E-state index in [1.807, 2.05) is 0 Å². The van der Waals surface area contributed by atoms with Crippen LogP contribution < -0.4 is 0 Å². The smallest absolute Gasteiger partial charge is 0.0266 e. The molecule has 0 aliphatic rings. The third kappa shape index (κ3) is 11.4. The number of hydrogen-bond acceptors (Lipinski definition) is 2. The van der Waals surface area contributed by atoms with Gasteiger partial charge in [-0.1, -0.05) is 12.1 Å². The van der Waals surface area contributed by atoms with Gasteiger partial charge in [-0.2, -0.15) is 0 Å². The molecule has 0 bridgehead atoms. The molecule has 0 aliphatic carbocycles. The van der Waals surface area contributed by atoms with Gasteiger partial charge in [0.2, 0.25) is 0 Å².